The van der Waals surface area contributed by atoms with Crippen LogP contribution in [0.2, 0.25) is 0 Å². The molecule has 1 saturated heterocycles. The molecule has 2 aromatic rings. The Morgan fingerprint density at radius 1 is 1.16 bits per heavy atom. The number of pyridine rings is 1. The predicted molar refractivity (Wildman–Crippen MR) is 78.8 cm³/mol. The smallest absolute Gasteiger partial charge is 0.0746 e. The van der Waals surface area contributed by atoms with Crippen molar-refractivity contribution < 1.29 is 0 Å². The summed E-state index contributed by atoms with van der Waals surface area (Å²) in [4.78, 5) is 7.05. The number of rotatable bonds is 3. The summed E-state index contributed by atoms with van der Waals surface area (Å²) < 4.78 is 0. The Morgan fingerprint density at radius 3 is 2.74 bits per heavy atom. The maximum atomic E-state index is 5.75. The molecular formula is C16H21N3. The molecule has 1 aliphatic rings. The molecule has 2 N–H and O–H groups in total. The Bertz CT molecular complexity index is 539. The molecule has 3 rings (SSSR count). The summed E-state index contributed by atoms with van der Waals surface area (Å²) in [5, 5.41) is 1.23. The number of hydrogen-bond acceptors (Lipinski definition) is 3. The summed E-state index contributed by atoms with van der Waals surface area (Å²) in [5.74, 6) is 0.724. The van der Waals surface area contributed by atoms with Crippen LogP contribution in [0.1, 0.15) is 18.4 Å². The van der Waals surface area contributed by atoms with Crippen molar-refractivity contribution in [1.82, 2.24) is 9.88 Å². The minimum Gasteiger partial charge on any atom is -0.330 e. The summed E-state index contributed by atoms with van der Waals surface area (Å²) in [6.07, 6.45) is 4.34. The zero-order valence-corrected chi connectivity index (χ0v) is 11.3. The summed E-state index contributed by atoms with van der Waals surface area (Å²) in [6.45, 7) is 4.16. The van der Waals surface area contributed by atoms with Crippen LogP contribution >= 0.6 is 0 Å². The van der Waals surface area contributed by atoms with E-state index >= 15 is 0 Å². The normalized spacial score (nSPS) is 17.9. The Morgan fingerprint density at radius 2 is 1.95 bits per heavy atom. The first-order valence-electron chi connectivity index (χ1n) is 7.12. The van der Waals surface area contributed by atoms with Crippen LogP contribution < -0.4 is 5.73 Å². The lowest BCUT2D eigenvalue weighted by atomic mass is 9.96. The Labute approximate surface area is 114 Å². The van der Waals surface area contributed by atoms with Gasteiger partial charge >= 0.3 is 0 Å². The van der Waals surface area contributed by atoms with Gasteiger partial charge in [-0.1, -0.05) is 24.3 Å². The molecule has 19 heavy (non-hydrogen) atoms. The van der Waals surface area contributed by atoms with Crippen molar-refractivity contribution in [2.75, 3.05) is 19.6 Å². The first kappa shape index (κ1) is 12.6. The summed E-state index contributed by atoms with van der Waals surface area (Å²) in [6, 6.07) is 10.6. The number of hydrogen-bond donors (Lipinski definition) is 1. The van der Waals surface area contributed by atoms with Crippen LogP contribution in [0.3, 0.4) is 0 Å². The lowest BCUT2D eigenvalue weighted by Crippen LogP contribution is -2.35. The summed E-state index contributed by atoms with van der Waals surface area (Å²) in [7, 11) is 0. The van der Waals surface area contributed by atoms with Gasteiger partial charge in [0.25, 0.3) is 0 Å². The Balaban J connectivity index is 1.75. The predicted octanol–water partition coefficient (Wildman–Crippen LogP) is 2.41. The molecule has 2 heterocycles. The molecule has 3 nitrogen and oxygen atoms in total. The van der Waals surface area contributed by atoms with Crippen molar-refractivity contribution in [3.8, 4) is 0 Å². The molecule has 100 valence electrons. The molecule has 1 aromatic carbocycles. The fourth-order valence-electron chi connectivity index (χ4n) is 2.92. The second-order valence-corrected chi connectivity index (χ2v) is 5.45. The third-order valence-electron chi connectivity index (χ3n) is 4.15. The highest BCUT2D eigenvalue weighted by Gasteiger charge is 2.18. The van der Waals surface area contributed by atoms with E-state index in [-0.39, 0.29) is 0 Å². The number of likely N-dealkylation sites (tertiary alicyclic amines) is 1. The van der Waals surface area contributed by atoms with E-state index in [1.807, 2.05) is 12.3 Å². The van der Waals surface area contributed by atoms with Crippen LogP contribution in [-0.4, -0.2) is 29.5 Å². The van der Waals surface area contributed by atoms with Crippen molar-refractivity contribution in [3.63, 3.8) is 0 Å². The molecule has 1 aliphatic heterocycles. The Kier molecular flexibility index (Phi) is 3.76. The van der Waals surface area contributed by atoms with Crippen molar-refractivity contribution in [3.05, 3.63) is 42.1 Å². The monoisotopic (exact) mass is 255 g/mol. The first-order chi connectivity index (χ1) is 9.36. The zero-order valence-electron chi connectivity index (χ0n) is 11.3. The van der Waals surface area contributed by atoms with Gasteiger partial charge in [-0.2, -0.15) is 0 Å². The van der Waals surface area contributed by atoms with E-state index in [1.54, 1.807) is 0 Å². The molecule has 0 spiro atoms. The average molecular weight is 255 g/mol. The van der Waals surface area contributed by atoms with E-state index < -0.39 is 0 Å². The molecule has 0 radical (unpaired) electrons. The van der Waals surface area contributed by atoms with E-state index in [0.29, 0.717) is 0 Å². The Hall–Kier alpha value is -1.45. The van der Waals surface area contributed by atoms with Gasteiger partial charge in [-0.05, 0) is 50.0 Å². The maximum absolute atomic E-state index is 5.75. The van der Waals surface area contributed by atoms with Crippen LogP contribution in [-0.2, 0) is 6.54 Å². The maximum Gasteiger partial charge on any atom is 0.0746 e. The number of piperidine rings is 1. The molecule has 0 saturated carbocycles. The van der Waals surface area contributed by atoms with Gasteiger partial charge < -0.3 is 5.73 Å². The highest BCUT2D eigenvalue weighted by atomic mass is 15.1. The number of nitrogens with two attached hydrogens (primary N) is 1. The van der Waals surface area contributed by atoms with Crippen molar-refractivity contribution in [2.45, 2.75) is 19.4 Å². The van der Waals surface area contributed by atoms with Crippen LogP contribution in [0.15, 0.2) is 36.5 Å². The number of para-hydroxylation sites is 1. The van der Waals surface area contributed by atoms with Crippen LogP contribution in [0.5, 0.6) is 0 Å². The van der Waals surface area contributed by atoms with Gasteiger partial charge in [0.15, 0.2) is 0 Å². The molecule has 0 atom stereocenters. The van der Waals surface area contributed by atoms with Crippen molar-refractivity contribution in [2.24, 2.45) is 11.7 Å². The van der Waals surface area contributed by atoms with Gasteiger partial charge in [0, 0.05) is 18.1 Å². The molecule has 1 fully saturated rings. The van der Waals surface area contributed by atoms with Crippen molar-refractivity contribution in [1.29, 1.82) is 0 Å². The number of nitrogens with zero attached hydrogens (tertiary/aromatic N) is 2. The molecular weight excluding hydrogens is 234 g/mol. The lowest BCUT2D eigenvalue weighted by Gasteiger charge is -2.31. The van der Waals surface area contributed by atoms with E-state index in [0.717, 1.165) is 37.6 Å². The molecule has 0 bridgehead atoms. The van der Waals surface area contributed by atoms with Crippen molar-refractivity contribution >= 4 is 10.9 Å². The van der Waals surface area contributed by atoms with E-state index in [1.165, 1.54) is 23.8 Å². The summed E-state index contributed by atoms with van der Waals surface area (Å²) >= 11 is 0. The fourth-order valence-corrected chi connectivity index (χ4v) is 2.92. The van der Waals surface area contributed by atoms with Gasteiger partial charge in [0.1, 0.15) is 0 Å². The fraction of sp³-hybridized carbons (Fsp3) is 0.438. The van der Waals surface area contributed by atoms with Crippen LogP contribution in [0.4, 0.5) is 0 Å². The quantitative estimate of drug-likeness (QED) is 0.915. The molecule has 0 aliphatic carbocycles. The standard InChI is InChI=1S/C16H21N3/c17-11-13-6-9-19(10-7-13)12-15-4-1-3-14-5-2-8-18-16(14)15/h1-5,8,13H,6-7,9-12,17H2. The third kappa shape index (κ3) is 2.77. The largest absolute Gasteiger partial charge is 0.330 e. The number of benzene rings is 1. The molecule has 0 unspecified atom stereocenters. The minimum absolute atomic E-state index is 0.724. The van der Waals surface area contributed by atoms with E-state index in [4.69, 9.17) is 5.73 Å². The number of aromatic nitrogens is 1. The SMILES string of the molecule is NCC1CCN(Cc2cccc3cccnc23)CC1. The lowest BCUT2D eigenvalue weighted by molar-refractivity contribution is 0.181. The van der Waals surface area contributed by atoms with Gasteiger partial charge in [-0.15, -0.1) is 0 Å². The zero-order chi connectivity index (χ0) is 13.1. The minimum atomic E-state index is 0.724. The third-order valence-corrected chi connectivity index (χ3v) is 4.15. The van der Waals surface area contributed by atoms with Gasteiger partial charge in [0.2, 0.25) is 0 Å². The summed E-state index contributed by atoms with van der Waals surface area (Å²) in [5.41, 5.74) is 8.23. The second-order valence-electron chi connectivity index (χ2n) is 5.45. The van der Waals surface area contributed by atoms with E-state index in [2.05, 4.69) is 34.1 Å². The van der Waals surface area contributed by atoms with Gasteiger partial charge in [0.05, 0.1) is 5.52 Å². The highest BCUT2D eigenvalue weighted by molar-refractivity contribution is 5.81. The van der Waals surface area contributed by atoms with E-state index in [9.17, 15) is 0 Å². The first-order valence-corrected chi connectivity index (χ1v) is 7.12. The van der Waals surface area contributed by atoms with Gasteiger partial charge in [-0.25, -0.2) is 0 Å². The van der Waals surface area contributed by atoms with Gasteiger partial charge in [-0.3, -0.25) is 9.88 Å². The van der Waals surface area contributed by atoms with Crippen LogP contribution in [0.25, 0.3) is 10.9 Å². The average Bonchev–Trinajstić information content (AvgIpc) is 2.48. The number of fused-ring (bicyclic) bond motifs is 1. The molecule has 0 amide bonds. The molecule has 3 heteroatoms. The second kappa shape index (κ2) is 5.68. The van der Waals surface area contributed by atoms with Crippen LogP contribution in [0, 0.1) is 5.92 Å². The molecule has 1 aromatic heterocycles. The topological polar surface area (TPSA) is 42.1 Å². The highest BCUT2D eigenvalue weighted by Crippen LogP contribution is 2.21.